The molecule has 0 aliphatic carbocycles. The summed E-state index contributed by atoms with van der Waals surface area (Å²) < 4.78 is 0. The van der Waals surface area contributed by atoms with Gasteiger partial charge >= 0.3 is 6.03 Å². The molecule has 1 aromatic rings. The van der Waals surface area contributed by atoms with Crippen molar-refractivity contribution in [1.82, 2.24) is 25.0 Å². The minimum absolute atomic E-state index is 0.0297. The monoisotopic (exact) mass is 389 g/mol. The van der Waals surface area contributed by atoms with Gasteiger partial charge in [0.15, 0.2) is 0 Å². The van der Waals surface area contributed by atoms with E-state index in [-0.39, 0.29) is 18.7 Å². The van der Waals surface area contributed by atoms with E-state index in [1.54, 1.807) is 12.4 Å². The van der Waals surface area contributed by atoms with E-state index in [1.165, 1.54) is 0 Å². The van der Waals surface area contributed by atoms with Gasteiger partial charge in [0.05, 0.1) is 0 Å². The van der Waals surface area contributed by atoms with Gasteiger partial charge in [0.25, 0.3) is 0 Å². The quantitative estimate of drug-likeness (QED) is 0.737. The number of pyridine rings is 1. The highest BCUT2D eigenvalue weighted by Crippen LogP contribution is 2.19. The van der Waals surface area contributed by atoms with Crippen molar-refractivity contribution in [2.75, 3.05) is 52.9 Å². The number of rotatable bonds is 7. The number of urea groups is 1. The van der Waals surface area contributed by atoms with Crippen molar-refractivity contribution in [1.29, 1.82) is 0 Å². The summed E-state index contributed by atoms with van der Waals surface area (Å²) in [5, 5.41) is 12.5. The number of carbonyl (C=O) groups excluding carboxylic acids is 1. The number of carbonyl (C=O) groups is 1. The summed E-state index contributed by atoms with van der Waals surface area (Å²) in [7, 11) is 2.14. The molecular formula is C21H35N5O2. The van der Waals surface area contributed by atoms with Gasteiger partial charge in [-0.05, 0) is 76.0 Å². The molecule has 0 spiro atoms. The number of aliphatic hydroxyl groups excluding tert-OH is 1. The second-order valence-electron chi connectivity index (χ2n) is 8.24. The first kappa shape index (κ1) is 21.0. The molecular weight excluding hydrogens is 354 g/mol. The Morgan fingerprint density at radius 1 is 1.25 bits per heavy atom. The Labute approximate surface area is 168 Å². The first-order valence-electron chi connectivity index (χ1n) is 10.6. The molecule has 28 heavy (non-hydrogen) atoms. The lowest BCUT2D eigenvalue weighted by molar-refractivity contribution is 0.115. The highest BCUT2D eigenvalue weighted by Gasteiger charge is 2.27. The van der Waals surface area contributed by atoms with E-state index in [2.05, 4.69) is 27.1 Å². The molecule has 1 aromatic heterocycles. The van der Waals surface area contributed by atoms with Gasteiger partial charge < -0.3 is 25.1 Å². The summed E-state index contributed by atoms with van der Waals surface area (Å²) >= 11 is 0. The summed E-state index contributed by atoms with van der Waals surface area (Å²) in [6.45, 7) is 6.43. The average Bonchev–Trinajstić information content (AvgIpc) is 2.73. The molecule has 0 unspecified atom stereocenters. The number of nitrogens with one attached hydrogen (secondary N) is 1. The van der Waals surface area contributed by atoms with Crippen LogP contribution in [-0.2, 0) is 6.54 Å². The molecule has 2 amide bonds. The van der Waals surface area contributed by atoms with Crippen molar-refractivity contribution < 1.29 is 9.90 Å². The Hall–Kier alpha value is -1.70. The molecule has 7 nitrogen and oxygen atoms in total. The number of hydrogen-bond acceptors (Lipinski definition) is 5. The maximum atomic E-state index is 13.0. The number of hydrogen-bond donors (Lipinski definition) is 2. The Balaban J connectivity index is 1.53. The SMILES string of the molecule is CN1CCC(N(Cc2ccncc2)C(=O)NCCN2CCC[C@H](CO)C2)CC1. The van der Waals surface area contributed by atoms with E-state index in [9.17, 15) is 9.90 Å². The number of aliphatic hydroxyl groups is 1. The van der Waals surface area contributed by atoms with Gasteiger partial charge in [0, 0.05) is 51.2 Å². The lowest BCUT2D eigenvalue weighted by Crippen LogP contribution is -2.51. The van der Waals surface area contributed by atoms with E-state index >= 15 is 0 Å². The molecule has 0 bridgehead atoms. The van der Waals surface area contributed by atoms with Crippen LogP contribution < -0.4 is 5.32 Å². The van der Waals surface area contributed by atoms with Gasteiger partial charge in [-0.15, -0.1) is 0 Å². The van der Waals surface area contributed by atoms with Gasteiger partial charge in [-0.2, -0.15) is 0 Å². The normalized spacial score (nSPS) is 22.1. The number of aromatic nitrogens is 1. The van der Waals surface area contributed by atoms with Crippen molar-refractivity contribution in [2.45, 2.75) is 38.3 Å². The first-order valence-corrected chi connectivity index (χ1v) is 10.6. The molecule has 1 atom stereocenters. The van der Waals surface area contributed by atoms with Crippen LogP contribution in [0.5, 0.6) is 0 Å². The predicted octanol–water partition coefficient (Wildman–Crippen LogP) is 1.39. The fraction of sp³-hybridized carbons (Fsp3) is 0.714. The molecule has 3 heterocycles. The minimum Gasteiger partial charge on any atom is -0.396 e. The van der Waals surface area contributed by atoms with Crippen LogP contribution in [0.15, 0.2) is 24.5 Å². The molecule has 2 fully saturated rings. The number of piperidine rings is 2. The Morgan fingerprint density at radius 2 is 2.00 bits per heavy atom. The van der Waals surface area contributed by atoms with E-state index < -0.39 is 0 Å². The van der Waals surface area contributed by atoms with Crippen LogP contribution in [0.3, 0.4) is 0 Å². The van der Waals surface area contributed by atoms with Crippen molar-refractivity contribution in [3.63, 3.8) is 0 Å². The second-order valence-corrected chi connectivity index (χ2v) is 8.24. The Bertz CT molecular complexity index is 592. The fourth-order valence-electron chi connectivity index (χ4n) is 4.28. The van der Waals surface area contributed by atoms with Gasteiger partial charge in [-0.25, -0.2) is 4.79 Å². The highest BCUT2D eigenvalue weighted by molar-refractivity contribution is 5.74. The third kappa shape index (κ3) is 6.15. The summed E-state index contributed by atoms with van der Waals surface area (Å²) in [6, 6.07) is 4.27. The summed E-state index contributed by atoms with van der Waals surface area (Å²) in [5.74, 6) is 0.381. The highest BCUT2D eigenvalue weighted by atomic mass is 16.3. The van der Waals surface area contributed by atoms with Gasteiger partial charge in [0.2, 0.25) is 0 Å². The standard InChI is InChI=1S/C21H35N5O2/c1-24-12-6-20(7-13-24)26(16-18-4-8-22-9-5-18)21(28)23-10-14-25-11-2-3-19(15-25)17-27/h4-5,8-9,19-20,27H,2-3,6-7,10-17H2,1H3,(H,23,28)/t19-/m0/s1. The third-order valence-corrected chi connectivity index (χ3v) is 6.06. The van der Waals surface area contributed by atoms with Crippen LogP contribution in [-0.4, -0.2) is 89.8 Å². The van der Waals surface area contributed by atoms with Gasteiger partial charge in [-0.1, -0.05) is 0 Å². The minimum atomic E-state index is 0.0297. The molecule has 2 aliphatic heterocycles. The zero-order valence-corrected chi connectivity index (χ0v) is 17.1. The molecule has 2 saturated heterocycles. The maximum absolute atomic E-state index is 13.0. The van der Waals surface area contributed by atoms with Crippen LogP contribution in [0.1, 0.15) is 31.2 Å². The molecule has 7 heteroatoms. The molecule has 156 valence electrons. The lowest BCUT2D eigenvalue weighted by Gasteiger charge is -2.37. The van der Waals surface area contributed by atoms with Crippen LogP contribution in [0.2, 0.25) is 0 Å². The predicted molar refractivity (Wildman–Crippen MR) is 110 cm³/mol. The molecule has 0 saturated carbocycles. The first-order chi connectivity index (χ1) is 13.7. The lowest BCUT2D eigenvalue weighted by atomic mass is 9.99. The zero-order valence-electron chi connectivity index (χ0n) is 17.1. The Kier molecular flexibility index (Phi) is 8.06. The summed E-state index contributed by atoms with van der Waals surface area (Å²) in [6.07, 6.45) is 7.83. The molecule has 0 aromatic carbocycles. The third-order valence-electron chi connectivity index (χ3n) is 6.06. The van der Waals surface area contributed by atoms with E-state index in [0.717, 1.165) is 64.0 Å². The zero-order chi connectivity index (χ0) is 19.8. The second kappa shape index (κ2) is 10.7. The Morgan fingerprint density at radius 3 is 2.71 bits per heavy atom. The number of likely N-dealkylation sites (tertiary alicyclic amines) is 2. The number of amides is 2. The fourth-order valence-corrected chi connectivity index (χ4v) is 4.28. The van der Waals surface area contributed by atoms with Crippen molar-refractivity contribution in [2.24, 2.45) is 5.92 Å². The van der Waals surface area contributed by atoms with Gasteiger partial charge in [0.1, 0.15) is 0 Å². The van der Waals surface area contributed by atoms with Crippen LogP contribution in [0.4, 0.5) is 4.79 Å². The van der Waals surface area contributed by atoms with Crippen molar-refractivity contribution in [3.05, 3.63) is 30.1 Å². The van der Waals surface area contributed by atoms with Crippen LogP contribution in [0, 0.1) is 5.92 Å². The molecule has 2 N–H and O–H groups in total. The van der Waals surface area contributed by atoms with Crippen molar-refractivity contribution in [3.8, 4) is 0 Å². The van der Waals surface area contributed by atoms with Gasteiger partial charge in [-0.3, -0.25) is 4.98 Å². The average molecular weight is 390 g/mol. The van der Waals surface area contributed by atoms with Crippen LogP contribution in [0.25, 0.3) is 0 Å². The number of nitrogens with zero attached hydrogens (tertiary/aromatic N) is 4. The van der Waals surface area contributed by atoms with Crippen LogP contribution >= 0.6 is 0 Å². The summed E-state index contributed by atoms with van der Waals surface area (Å²) in [4.78, 5) is 23.8. The maximum Gasteiger partial charge on any atom is 0.317 e. The molecule has 0 radical (unpaired) electrons. The van der Waals surface area contributed by atoms with Crippen molar-refractivity contribution >= 4 is 6.03 Å². The molecule has 2 aliphatic rings. The summed E-state index contributed by atoms with van der Waals surface area (Å²) in [5.41, 5.74) is 1.12. The smallest absolute Gasteiger partial charge is 0.317 e. The van der Waals surface area contributed by atoms with E-state index in [4.69, 9.17) is 0 Å². The largest absolute Gasteiger partial charge is 0.396 e. The van der Waals surface area contributed by atoms with E-state index in [0.29, 0.717) is 19.0 Å². The molecule has 3 rings (SSSR count). The topological polar surface area (TPSA) is 71.9 Å². The van der Waals surface area contributed by atoms with E-state index in [1.807, 2.05) is 17.0 Å².